The number of anilines is 1. The van der Waals surface area contributed by atoms with Gasteiger partial charge in [-0.25, -0.2) is 9.37 Å². The molecule has 4 rings (SSSR count). The van der Waals surface area contributed by atoms with Crippen molar-refractivity contribution in [3.63, 3.8) is 0 Å². The van der Waals surface area contributed by atoms with Crippen LogP contribution in [0.3, 0.4) is 0 Å². The van der Waals surface area contributed by atoms with Crippen LogP contribution in [0.1, 0.15) is 18.1 Å². The van der Waals surface area contributed by atoms with E-state index in [0.717, 1.165) is 22.4 Å². The largest absolute Gasteiger partial charge is 0.325 e. The molecule has 0 saturated heterocycles. The number of halogens is 1. The first-order valence-electron chi connectivity index (χ1n) is 9.64. The molecule has 0 bridgehead atoms. The van der Waals surface area contributed by atoms with Gasteiger partial charge in [0, 0.05) is 16.6 Å². The lowest BCUT2D eigenvalue weighted by Gasteiger charge is -2.15. The Balaban J connectivity index is 1.57. The van der Waals surface area contributed by atoms with E-state index in [4.69, 9.17) is 0 Å². The monoisotopic (exact) mass is 453 g/mol. The van der Waals surface area contributed by atoms with Crippen molar-refractivity contribution in [1.82, 2.24) is 9.97 Å². The van der Waals surface area contributed by atoms with Crippen molar-refractivity contribution in [3.8, 4) is 11.1 Å². The standard InChI is InChI=1S/C23H20FN3O2S2/c1-12-5-4-6-13(2)19(12)25-20(28)14(3)31-23-26-21(29)18-17(11-30-22(18)27-23)15-7-9-16(24)10-8-15/h4-11,14H,1-3H3,(H,25,28)(H,26,27,29). The maximum absolute atomic E-state index is 13.2. The molecule has 5 nitrogen and oxygen atoms in total. The number of hydrogen-bond acceptors (Lipinski definition) is 5. The van der Waals surface area contributed by atoms with Crippen molar-refractivity contribution in [2.45, 2.75) is 31.2 Å². The Kier molecular flexibility index (Phi) is 5.93. The van der Waals surface area contributed by atoms with Crippen LogP contribution in [0.25, 0.3) is 21.3 Å². The van der Waals surface area contributed by atoms with Gasteiger partial charge in [0.2, 0.25) is 5.91 Å². The summed E-state index contributed by atoms with van der Waals surface area (Å²) in [4.78, 5) is 33.4. The predicted molar refractivity (Wildman–Crippen MR) is 125 cm³/mol. The van der Waals surface area contributed by atoms with Gasteiger partial charge in [0.25, 0.3) is 5.56 Å². The Morgan fingerprint density at radius 2 is 1.84 bits per heavy atom. The number of nitrogens with zero attached hydrogens (tertiary/aromatic N) is 1. The molecule has 1 amide bonds. The lowest BCUT2D eigenvalue weighted by Crippen LogP contribution is -2.24. The third-order valence-corrected chi connectivity index (χ3v) is 6.82. The van der Waals surface area contributed by atoms with Crippen molar-refractivity contribution < 1.29 is 9.18 Å². The number of para-hydroxylation sites is 1. The van der Waals surface area contributed by atoms with E-state index < -0.39 is 5.25 Å². The summed E-state index contributed by atoms with van der Waals surface area (Å²) in [5, 5.41) is 5.20. The van der Waals surface area contributed by atoms with Gasteiger partial charge in [0.05, 0.1) is 10.6 Å². The number of aryl methyl sites for hydroxylation is 2. The maximum Gasteiger partial charge on any atom is 0.260 e. The number of hydrogen-bond donors (Lipinski definition) is 2. The van der Waals surface area contributed by atoms with E-state index in [1.165, 1.54) is 35.2 Å². The number of fused-ring (bicyclic) bond motifs is 1. The van der Waals surface area contributed by atoms with Crippen LogP contribution >= 0.6 is 23.1 Å². The molecule has 2 heterocycles. The van der Waals surface area contributed by atoms with Crippen LogP contribution in [0.5, 0.6) is 0 Å². The van der Waals surface area contributed by atoms with Crippen LogP contribution < -0.4 is 10.9 Å². The second-order valence-corrected chi connectivity index (χ2v) is 9.41. The van der Waals surface area contributed by atoms with Crippen molar-refractivity contribution >= 4 is 44.9 Å². The Bertz CT molecular complexity index is 1310. The summed E-state index contributed by atoms with van der Waals surface area (Å²) in [6, 6.07) is 11.8. The zero-order valence-corrected chi connectivity index (χ0v) is 18.8. The molecule has 31 heavy (non-hydrogen) atoms. The predicted octanol–water partition coefficient (Wildman–Crippen LogP) is 5.53. The van der Waals surface area contributed by atoms with Gasteiger partial charge in [-0.05, 0) is 49.6 Å². The van der Waals surface area contributed by atoms with Gasteiger partial charge >= 0.3 is 0 Å². The third-order valence-electron chi connectivity index (χ3n) is 4.96. The van der Waals surface area contributed by atoms with E-state index in [1.54, 1.807) is 19.1 Å². The van der Waals surface area contributed by atoms with Gasteiger partial charge in [0.15, 0.2) is 5.16 Å². The van der Waals surface area contributed by atoms with E-state index >= 15 is 0 Å². The number of thiophene rings is 1. The van der Waals surface area contributed by atoms with Crippen LogP contribution in [0.15, 0.2) is 57.8 Å². The first-order chi connectivity index (χ1) is 14.8. The molecule has 2 N–H and O–H groups in total. The average molecular weight is 454 g/mol. The van der Waals surface area contributed by atoms with Crippen LogP contribution in [0, 0.1) is 19.7 Å². The van der Waals surface area contributed by atoms with E-state index in [1.807, 2.05) is 37.4 Å². The van der Waals surface area contributed by atoms with Gasteiger partial charge in [-0.15, -0.1) is 11.3 Å². The van der Waals surface area contributed by atoms with Gasteiger partial charge in [-0.2, -0.15) is 0 Å². The molecule has 1 unspecified atom stereocenters. The van der Waals surface area contributed by atoms with Gasteiger partial charge in [0.1, 0.15) is 10.6 Å². The summed E-state index contributed by atoms with van der Waals surface area (Å²) < 4.78 is 13.2. The van der Waals surface area contributed by atoms with E-state index in [0.29, 0.717) is 20.9 Å². The summed E-state index contributed by atoms with van der Waals surface area (Å²) in [6.07, 6.45) is 0. The number of benzene rings is 2. The number of carbonyl (C=O) groups is 1. The molecule has 4 aromatic rings. The van der Waals surface area contributed by atoms with Crippen molar-refractivity contribution in [2.75, 3.05) is 5.32 Å². The normalized spacial score (nSPS) is 12.1. The molecular formula is C23H20FN3O2S2. The summed E-state index contributed by atoms with van der Waals surface area (Å²) in [5.41, 5.74) is 3.97. The van der Waals surface area contributed by atoms with Crippen molar-refractivity contribution in [1.29, 1.82) is 0 Å². The van der Waals surface area contributed by atoms with Crippen LogP contribution in [-0.2, 0) is 4.79 Å². The fraction of sp³-hybridized carbons (Fsp3) is 0.174. The van der Waals surface area contributed by atoms with Crippen LogP contribution in [0.4, 0.5) is 10.1 Å². The summed E-state index contributed by atoms with van der Waals surface area (Å²) in [5.74, 6) is -0.495. The Morgan fingerprint density at radius 1 is 1.16 bits per heavy atom. The lowest BCUT2D eigenvalue weighted by molar-refractivity contribution is -0.115. The summed E-state index contributed by atoms with van der Waals surface area (Å²) in [7, 11) is 0. The molecule has 2 aromatic heterocycles. The highest BCUT2D eigenvalue weighted by atomic mass is 32.2. The van der Waals surface area contributed by atoms with Gasteiger partial charge in [-0.1, -0.05) is 42.1 Å². The number of rotatable bonds is 5. The topological polar surface area (TPSA) is 74.8 Å². The molecular weight excluding hydrogens is 433 g/mol. The minimum atomic E-state index is -0.462. The van der Waals surface area contributed by atoms with Gasteiger partial charge < -0.3 is 10.3 Å². The van der Waals surface area contributed by atoms with E-state index in [2.05, 4.69) is 15.3 Å². The number of nitrogens with one attached hydrogen (secondary N) is 2. The number of thioether (sulfide) groups is 1. The molecule has 0 radical (unpaired) electrons. The molecule has 0 fully saturated rings. The molecule has 0 aliphatic rings. The highest BCUT2D eigenvalue weighted by Crippen LogP contribution is 2.32. The molecule has 0 spiro atoms. The average Bonchev–Trinajstić information content (AvgIpc) is 3.15. The second-order valence-electron chi connectivity index (χ2n) is 7.22. The Hall–Kier alpha value is -2.97. The minimum absolute atomic E-state index is 0.164. The van der Waals surface area contributed by atoms with Gasteiger partial charge in [-0.3, -0.25) is 9.59 Å². The zero-order chi connectivity index (χ0) is 22.1. The third kappa shape index (κ3) is 4.40. The van der Waals surface area contributed by atoms with Crippen molar-refractivity contribution in [3.05, 3.63) is 75.1 Å². The minimum Gasteiger partial charge on any atom is -0.325 e. The number of carbonyl (C=O) groups excluding carboxylic acids is 1. The highest BCUT2D eigenvalue weighted by Gasteiger charge is 2.19. The molecule has 0 aliphatic carbocycles. The highest BCUT2D eigenvalue weighted by molar-refractivity contribution is 8.00. The number of H-pyrrole nitrogens is 1. The number of amides is 1. The number of aromatic nitrogens is 2. The molecule has 2 aromatic carbocycles. The Morgan fingerprint density at radius 3 is 2.52 bits per heavy atom. The quantitative estimate of drug-likeness (QED) is 0.308. The fourth-order valence-corrected chi connectivity index (χ4v) is 5.09. The van der Waals surface area contributed by atoms with Crippen LogP contribution in [0.2, 0.25) is 0 Å². The molecule has 0 aliphatic heterocycles. The van der Waals surface area contributed by atoms with Crippen molar-refractivity contribution in [2.24, 2.45) is 0 Å². The molecule has 8 heteroatoms. The summed E-state index contributed by atoms with van der Waals surface area (Å²) in [6.45, 7) is 5.67. The Labute approximate surface area is 186 Å². The smallest absolute Gasteiger partial charge is 0.260 e. The fourth-order valence-electron chi connectivity index (χ4n) is 3.28. The number of aromatic amines is 1. The SMILES string of the molecule is Cc1cccc(C)c1NC(=O)C(C)Sc1nc2scc(-c3ccc(F)cc3)c2c(=O)[nH]1. The maximum atomic E-state index is 13.2. The first kappa shape index (κ1) is 21.3. The first-order valence-corrected chi connectivity index (χ1v) is 11.4. The zero-order valence-electron chi connectivity index (χ0n) is 17.2. The molecule has 158 valence electrons. The molecule has 1 atom stereocenters. The second kappa shape index (κ2) is 8.64. The van der Waals surface area contributed by atoms with E-state index in [-0.39, 0.29) is 17.3 Å². The molecule has 0 saturated carbocycles. The van der Waals surface area contributed by atoms with Crippen LogP contribution in [-0.4, -0.2) is 21.1 Å². The van der Waals surface area contributed by atoms with E-state index in [9.17, 15) is 14.0 Å². The summed E-state index contributed by atoms with van der Waals surface area (Å²) >= 11 is 2.54. The lowest BCUT2D eigenvalue weighted by atomic mass is 10.1.